The number of methoxy groups -OCH3 is 2. The van der Waals surface area contributed by atoms with E-state index in [4.69, 9.17) is 9.47 Å². The molecule has 0 aromatic heterocycles. The van der Waals surface area contributed by atoms with E-state index in [1.165, 1.54) is 10.8 Å². The lowest BCUT2D eigenvalue weighted by molar-refractivity contribution is 0.390. The fourth-order valence-corrected chi connectivity index (χ4v) is 3.02. The third kappa shape index (κ3) is 3.04. The largest absolute Gasteiger partial charge is 0.497 e. The minimum atomic E-state index is -0.281. The average Bonchev–Trinajstić information content (AvgIpc) is 2.65. The Morgan fingerprint density at radius 3 is 2.50 bits per heavy atom. The molecule has 0 fully saturated rings. The van der Waals surface area contributed by atoms with Gasteiger partial charge in [-0.2, -0.15) is 5.26 Å². The highest BCUT2D eigenvalue weighted by molar-refractivity contribution is 5.85. The van der Waals surface area contributed by atoms with Crippen molar-refractivity contribution in [1.82, 2.24) is 0 Å². The van der Waals surface area contributed by atoms with Gasteiger partial charge in [0, 0.05) is 11.6 Å². The molecule has 3 heteroatoms. The van der Waals surface area contributed by atoms with E-state index in [1.54, 1.807) is 14.2 Å². The zero-order valence-electron chi connectivity index (χ0n) is 13.8. The lowest BCUT2D eigenvalue weighted by Crippen LogP contribution is -2.04. The Balaban J connectivity index is 2.00. The van der Waals surface area contributed by atoms with Crippen molar-refractivity contribution in [1.29, 1.82) is 5.26 Å². The number of hydrogen-bond acceptors (Lipinski definition) is 3. The van der Waals surface area contributed by atoms with Crippen molar-refractivity contribution >= 4 is 10.8 Å². The first-order valence-electron chi connectivity index (χ1n) is 7.85. The highest BCUT2D eigenvalue weighted by atomic mass is 16.5. The third-order valence-corrected chi connectivity index (χ3v) is 4.28. The summed E-state index contributed by atoms with van der Waals surface area (Å²) in [5, 5.41) is 12.1. The van der Waals surface area contributed by atoms with E-state index in [-0.39, 0.29) is 5.92 Å². The summed E-state index contributed by atoms with van der Waals surface area (Å²) in [7, 11) is 3.23. The summed E-state index contributed by atoms with van der Waals surface area (Å²) in [6.07, 6.45) is 0.639. The van der Waals surface area contributed by atoms with Crippen LogP contribution >= 0.6 is 0 Å². The van der Waals surface area contributed by atoms with Crippen molar-refractivity contribution in [2.24, 2.45) is 0 Å². The van der Waals surface area contributed by atoms with Gasteiger partial charge < -0.3 is 9.47 Å². The van der Waals surface area contributed by atoms with E-state index in [1.807, 2.05) is 36.4 Å². The summed E-state index contributed by atoms with van der Waals surface area (Å²) >= 11 is 0. The van der Waals surface area contributed by atoms with Crippen molar-refractivity contribution in [3.63, 3.8) is 0 Å². The second-order valence-electron chi connectivity index (χ2n) is 5.63. The van der Waals surface area contributed by atoms with Crippen LogP contribution in [0.15, 0.2) is 60.7 Å². The molecule has 0 N–H and O–H groups in total. The van der Waals surface area contributed by atoms with Crippen LogP contribution in [0.3, 0.4) is 0 Å². The minimum absolute atomic E-state index is 0.281. The number of benzene rings is 3. The molecular weight excluding hydrogens is 298 g/mol. The molecule has 3 nitrogen and oxygen atoms in total. The fraction of sp³-hybridized carbons (Fsp3) is 0.190. The molecule has 0 spiro atoms. The second-order valence-corrected chi connectivity index (χ2v) is 5.63. The maximum absolute atomic E-state index is 9.72. The Hall–Kier alpha value is -2.99. The molecule has 24 heavy (non-hydrogen) atoms. The van der Waals surface area contributed by atoms with Crippen LogP contribution in [-0.2, 0) is 6.42 Å². The Bertz CT molecular complexity index is 890. The molecule has 1 unspecified atom stereocenters. The van der Waals surface area contributed by atoms with E-state index < -0.39 is 0 Å². The van der Waals surface area contributed by atoms with Crippen LogP contribution in [0.2, 0.25) is 0 Å². The first-order chi connectivity index (χ1) is 11.8. The van der Waals surface area contributed by atoms with Crippen molar-refractivity contribution in [2.75, 3.05) is 14.2 Å². The zero-order chi connectivity index (χ0) is 16.9. The van der Waals surface area contributed by atoms with Gasteiger partial charge in [-0.15, -0.1) is 0 Å². The van der Waals surface area contributed by atoms with E-state index in [0.29, 0.717) is 12.2 Å². The molecule has 0 aliphatic rings. The molecule has 3 rings (SSSR count). The summed E-state index contributed by atoms with van der Waals surface area (Å²) in [6.45, 7) is 0. The van der Waals surface area contributed by atoms with Gasteiger partial charge in [0.05, 0.1) is 26.2 Å². The van der Waals surface area contributed by atoms with Gasteiger partial charge in [-0.1, -0.05) is 48.5 Å². The first kappa shape index (κ1) is 15.9. The summed E-state index contributed by atoms with van der Waals surface area (Å²) in [6, 6.07) is 22.5. The van der Waals surface area contributed by atoms with Gasteiger partial charge in [-0.25, -0.2) is 0 Å². The molecule has 0 saturated carbocycles. The number of nitrogens with zero attached hydrogens (tertiary/aromatic N) is 1. The Morgan fingerprint density at radius 2 is 1.75 bits per heavy atom. The van der Waals surface area contributed by atoms with Gasteiger partial charge in [0.1, 0.15) is 11.5 Å². The van der Waals surface area contributed by atoms with Crippen molar-refractivity contribution in [3.05, 3.63) is 71.8 Å². The van der Waals surface area contributed by atoms with Gasteiger partial charge in [-0.05, 0) is 28.8 Å². The fourth-order valence-electron chi connectivity index (χ4n) is 3.02. The molecular formula is C21H19NO2. The normalized spacial score (nSPS) is 11.7. The number of rotatable bonds is 5. The maximum atomic E-state index is 9.72. The van der Waals surface area contributed by atoms with E-state index in [0.717, 1.165) is 16.9 Å². The topological polar surface area (TPSA) is 42.2 Å². The highest BCUT2D eigenvalue weighted by Crippen LogP contribution is 2.33. The van der Waals surface area contributed by atoms with Crippen LogP contribution in [-0.4, -0.2) is 14.2 Å². The zero-order valence-corrected chi connectivity index (χ0v) is 13.8. The Kier molecular flexibility index (Phi) is 4.67. The summed E-state index contributed by atoms with van der Waals surface area (Å²) in [5.74, 6) is 1.12. The lowest BCUT2D eigenvalue weighted by atomic mass is 9.90. The van der Waals surface area contributed by atoms with Gasteiger partial charge >= 0.3 is 0 Å². The first-order valence-corrected chi connectivity index (χ1v) is 7.85. The van der Waals surface area contributed by atoms with Gasteiger partial charge in [0.15, 0.2) is 0 Å². The van der Waals surface area contributed by atoms with Crippen LogP contribution < -0.4 is 9.47 Å². The summed E-state index contributed by atoms with van der Waals surface area (Å²) in [4.78, 5) is 0. The van der Waals surface area contributed by atoms with E-state index in [9.17, 15) is 5.26 Å². The highest BCUT2D eigenvalue weighted by Gasteiger charge is 2.18. The third-order valence-electron chi connectivity index (χ3n) is 4.28. The SMILES string of the molecule is COc1ccc(C(C#N)Cc2cccc3ccccc23)c(OC)c1. The van der Waals surface area contributed by atoms with Crippen molar-refractivity contribution < 1.29 is 9.47 Å². The van der Waals surface area contributed by atoms with E-state index in [2.05, 4.69) is 30.3 Å². The molecule has 0 saturated heterocycles. The summed E-state index contributed by atoms with van der Waals surface area (Å²) < 4.78 is 10.7. The maximum Gasteiger partial charge on any atom is 0.127 e. The molecule has 120 valence electrons. The van der Waals surface area contributed by atoms with Gasteiger partial charge in [0.25, 0.3) is 0 Å². The minimum Gasteiger partial charge on any atom is -0.497 e. The van der Waals surface area contributed by atoms with Crippen LogP contribution in [0.1, 0.15) is 17.0 Å². The molecule has 0 bridgehead atoms. The Labute approximate surface area is 142 Å². The molecule has 0 aliphatic carbocycles. The molecule has 0 aliphatic heterocycles. The van der Waals surface area contributed by atoms with E-state index >= 15 is 0 Å². The monoisotopic (exact) mass is 317 g/mol. The van der Waals surface area contributed by atoms with Crippen molar-refractivity contribution in [3.8, 4) is 17.6 Å². The molecule has 3 aromatic carbocycles. The van der Waals surface area contributed by atoms with Crippen LogP contribution in [0, 0.1) is 11.3 Å². The summed E-state index contributed by atoms with van der Waals surface area (Å²) in [5.41, 5.74) is 2.05. The quantitative estimate of drug-likeness (QED) is 0.684. The Morgan fingerprint density at radius 1 is 0.958 bits per heavy atom. The predicted molar refractivity (Wildman–Crippen MR) is 95.6 cm³/mol. The molecule has 1 atom stereocenters. The van der Waals surface area contributed by atoms with Crippen molar-refractivity contribution in [2.45, 2.75) is 12.3 Å². The van der Waals surface area contributed by atoms with Gasteiger partial charge in [-0.3, -0.25) is 0 Å². The average molecular weight is 317 g/mol. The number of fused-ring (bicyclic) bond motifs is 1. The molecule has 0 radical (unpaired) electrons. The lowest BCUT2D eigenvalue weighted by Gasteiger charge is -2.16. The standard InChI is InChI=1S/C21H19NO2/c1-23-18-10-11-20(21(13-18)24-2)17(14-22)12-16-8-5-7-15-6-3-4-9-19(15)16/h3-11,13,17H,12H2,1-2H3. The number of hydrogen-bond donors (Lipinski definition) is 0. The number of ether oxygens (including phenoxy) is 2. The smallest absolute Gasteiger partial charge is 0.127 e. The molecule has 3 aromatic rings. The molecule has 0 heterocycles. The van der Waals surface area contributed by atoms with Crippen LogP contribution in [0.25, 0.3) is 10.8 Å². The number of nitriles is 1. The second kappa shape index (κ2) is 7.06. The molecule has 0 amide bonds. The van der Waals surface area contributed by atoms with Crippen LogP contribution in [0.5, 0.6) is 11.5 Å². The predicted octanol–water partition coefficient (Wildman–Crippen LogP) is 4.71. The van der Waals surface area contributed by atoms with Gasteiger partial charge in [0.2, 0.25) is 0 Å². The van der Waals surface area contributed by atoms with Crippen LogP contribution in [0.4, 0.5) is 0 Å².